The summed E-state index contributed by atoms with van der Waals surface area (Å²) in [6.07, 6.45) is 2.32. The Balaban J connectivity index is 2.54. The standard InChI is InChI=1S/C15H21NO2/c1-11(17)14-12(7-5-8-13(14)18-4)16-10-6-9-15(16,2)3/h5,7-8H,6,9-10H2,1-4H3. The smallest absolute Gasteiger partial charge is 0.165 e. The lowest BCUT2D eigenvalue weighted by molar-refractivity contribution is 0.101. The molecule has 0 unspecified atom stereocenters. The maximum atomic E-state index is 11.9. The topological polar surface area (TPSA) is 29.5 Å². The maximum Gasteiger partial charge on any atom is 0.165 e. The molecule has 1 aromatic rings. The second-order valence-electron chi connectivity index (χ2n) is 5.48. The van der Waals surface area contributed by atoms with Crippen LogP contribution in [0, 0.1) is 0 Å². The van der Waals surface area contributed by atoms with E-state index in [2.05, 4.69) is 18.7 Å². The van der Waals surface area contributed by atoms with Crippen LogP contribution in [0.4, 0.5) is 5.69 Å². The Hall–Kier alpha value is -1.51. The number of hydrogen-bond donors (Lipinski definition) is 0. The summed E-state index contributed by atoms with van der Waals surface area (Å²) in [5, 5.41) is 0. The highest BCUT2D eigenvalue weighted by atomic mass is 16.5. The average Bonchev–Trinajstić information content (AvgIpc) is 2.67. The van der Waals surface area contributed by atoms with Gasteiger partial charge < -0.3 is 9.64 Å². The monoisotopic (exact) mass is 247 g/mol. The molecule has 1 heterocycles. The van der Waals surface area contributed by atoms with Crippen molar-refractivity contribution in [3.63, 3.8) is 0 Å². The molecule has 0 N–H and O–H groups in total. The van der Waals surface area contributed by atoms with Crippen molar-refractivity contribution >= 4 is 11.5 Å². The number of benzene rings is 1. The molecule has 0 amide bonds. The van der Waals surface area contributed by atoms with E-state index in [1.165, 1.54) is 6.42 Å². The Kier molecular flexibility index (Phi) is 3.33. The first kappa shape index (κ1) is 12.9. The van der Waals surface area contributed by atoms with Gasteiger partial charge in [-0.2, -0.15) is 0 Å². The van der Waals surface area contributed by atoms with E-state index in [0.29, 0.717) is 11.3 Å². The lowest BCUT2D eigenvalue weighted by atomic mass is 9.99. The number of methoxy groups -OCH3 is 1. The number of carbonyl (C=O) groups is 1. The summed E-state index contributed by atoms with van der Waals surface area (Å²) >= 11 is 0. The first-order valence-electron chi connectivity index (χ1n) is 6.43. The molecule has 0 aromatic heterocycles. The van der Waals surface area contributed by atoms with Crippen LogP contribution in [-0.2, 0) is 0 Å². The van der Waals surface area contributed by atoms with E-state index < -0.39 is 0 Å². The molecule has 0 saturated carbocycles. The normalized spacial score (nSPS) is 17.9. The number of ether oxygens (including phenoxy) is 1. The Morgan fingerprint density at radius 3 is 2.61 bits per heavy atom. The Bertz CT molecular complexity index is 466. The van der Waals surface area contributed by atoms with Gasteiger partial charge in [-0.15, -0.1) is 0 Å². The van der Waals surface area contributed by atoms with E-state index in [1.54, 1.807) is 14.0 Å². The second-order valence-corrected chi connectivity index (χ2v) is 5.48. The number of rotatable bonds is 3. The van der Waals surface area contributed by atoms with Crippen molar-refractivity contribution in [2.75, 3.05) is 18.6 Å². The molecule has 1 fully saturated rings. The molecule has 1 aromatic carbocycles. The van der Waals surface area contributed by atoms with Crippen LogP contribution in [0.3, 0.4) is 0 Å². The van der Waals surface area contributed by atoms with E-state index in [4.69, 9.17) is 4.74 Å². The summed E-state index contributed by atoms with van der Waals surface area (Å²) in [7, 11) is 1.61. The minimum atomic E-state index is 0.0603. The molecule has 0 spiro atoms. The van der Waals surface area contributed by atoms with Gasteiger partial charge in [-0.3, -0.25) is 4.79 Å². The molecule has 1 aliphatic heterocycles. The lowest BCUT2D eigenvalue weighted by Crippen LogP contribution is -2.39. The van der Waals surface area contributed by atoms with Gasteiger partial charge in [0.25, 0.3) is 0 Å². The fourth-order valence-electron chi connectivity index (χ4n) is 2.82. The molecule has 2 rings (SSSR count). The van der Waals surface area contributed by atoms with Gasteiger partial charge in [0.1, 0.15) is 5.75 Å². The van der Waals surface area contributed by atoms with Gasteiger partial charge in [0.15, 0.2) is 5.78 Å². The molecule has 0 aliphatic carbocycles. The highest BCUT2D eigenvalue weighted by Crippen LogP contribution is 2.38. The van der Waals surface area contributed by atoms with Crippen LogP contribution in [0.2, 0.25) is 0 Å². The molecule has 1 aliphatic rings. The number of carbonyl (C=O) groups excluding carboxylic acids is 1. The van der Waals surface area contributed by atoms with E-state index in [0.717, 1.165) is 18.7 Å². The summed E-state index contributed by atoms with van der Waals surface area (Å²) in [5.41, 5.74) is 1.82. The van der Waals surface area contributed by atoms with Gasteiger partial charge in [-0.1, -0.05) is 6.07 Å². The van der Waals surface area contributed by atoms with Gasteiger partial charge in [0, 0.05) is 12.1 Å². The van der Waals surface area contributed by atoms with E-state index in [1.807, 2.05) is 18.2 Å². The Morgan fingerprint density at radius 2 is 2.11 bits per heavy atom. The highest BCUT2D eigenvalue weighted by Gasteiger charge is 2.34. The molecule has 0 bridgehead atoms. The zero-order valence-corrected chi connectivity index (χ0v) is 11.6. The summed E-state index contributed by atoms with van der Waals surface area (Å²) < 4.78 is 5.33. The number of Topliss-reactive ketones (excluding diaryl/α,β-unsaturated/α-hetero) is 1. The van der Waals surface area contributed by atoms with E-state index in [-0.39, 0.29) is 11.3 Å². The van der Waals surface area contributed by atoms with Crippen molar-refractivity contribution < 1.29 is 9.53 Å². The van der Waals surface area contributed by atoms with Crippen molar-refractivity contribution in [1.82, 2.24) is 0 Å². The summed E-state index contributed by atoms with van der Waals surface area (Å²) in [6.45, 7) is 7.05. The summed E-state index contributed by atoms with van der Waals surface area (Å²) in [5.74, 6) is 0.729. The maximum absolute atomic E-state index is 11.9. The second kappa shape index (κ2) is 4.63. The third-order valence-electron chi connectivity index (χ3n) is 3.77. The van der Waals surface area contributed by atoms with Crippen molar-refractivity contribution in [3.8, 4) is 5.75 Å². The van der Waals surface area contributed by atoms with Crippen LogP contribution in [0.15, 0.2) is 18.2 Å². The molecule has 18 heavy (non-hydrogen) atoms. The predicted octanol–water partition coefficient (Wildman–Crippen LogP) is 3.28. The summed E-state index contributed by atoms with van der Waals surface area (Å²) in [4.78, 5) is 14.2. The van der Waals surface area contributed by atoms with Gasteiger partial charge >= 0.3 is 0 Å². The van der Waals surface area contributed by atoms with Gasteiger partial charge in [-0.25, -0.2) is 0 Å². The van der Waals surface area contributed by atoms with Crippen molar-refractivity contribution in [2.24, 2.45) is 0 Å². The Morgan fingerprint density at radius 1 is 1.39 bits per heavy atom. The summed E-state index contributed by atoms with van der Waals surface area (Å²) in [6, 6.07) is 5.82. The van der Waals surface area contributed by atoms with Crippen molar-refractivity contribution in [3.05, 3.63) is 23.8 Å². The molecular weight excluding hydrogens is 226 g/mol. The first-order chi connectivity index (χ1) is 8.47. The van der Waals surface area contributed by atoms with Crippen molar-refractivity contribution in [1.29, 1.82) is 0 Å². The SMILES string of the molecule is COc1cccc(N2CCCC2(C)C)c1C(C)=O. The number of hydrogen-bond acceptors (Lipinski definition) is 3. The van der Waals surface area contributed by atoms with Crippen LogP contribution < -0.4 is 9.64 Å². The van der Waals surface area contributed by atoms with Gasteiger partial charge in [0.05, 0.1) is 18.4 Å². The quantitative estimate of drug-likeness (QED) is 0.768. The Labute approximate surface area is 109 Å². The zero-order valence-electron chi connectivity index (χ0n) is 11.6. The molecule has 98 valence electrons. The van der Waals surface area contributed by atoms with Crippen molar-refractivity contribution in [2.45, 2.75) is 39.2 Å². The molecular formula is C15H21NO2. The number of anilines is 1. The number of nitrogens with zero attached hydrogens (tertiary/aromatic N) is 1. The van der Waals surface area contributed by atoms with Gasteiger partial charge in [0.2, 0.25) is 0 Å². The highest BCUT2D eigenvalue weighted by molar-refractivity contribution is 6.02. The van der Waals surface area contributed by atoms with E-state index in [9.17, 15) is 4.79 Å². The fourth-order valence-corrected chi connectivity index (χ4v) is 2.82. The predicted molar refractivity (Wildman–Crippen MR) is 73.7 cm³/mol. The minimum Gasteiger partial charge on any atom is -0.496 e. The molecule has 3 nitrogen and oxygen atoms in total. The third kappa shape index (κ3) is 2.09. The lowest BCUT2D eigenvalue weighted by Gasteiger charge is -2.35. The molecule has 0 radical (unpaired) electrons. The van der Waals surface area contributed by atoms with Crippen LogP contribution in [0.1, 0.15) is 44.0 Å². The van der Waals surface area contributed by atoms with Crippen LogP contribution in [0.5, 0.6) is 5.75 Å². The molecule has 1 saturated heterocycles. The zero-order chi connectivity index (χ0) is 13.3. The van der Waals surface area contributed by atoms with Crippen LogP contribution in [-0.4, -0.2) is 25.0 Å². The van der Waals surface area contributed by atoms with Crippen LogP contribution in [0.25, 0.3) is 0 Å². The molecule has 3 heteroatoms. The average molecular weight is 247 g/mol. The minimum absolute atomic E-state index is 0.0603. The first-order valence-corrected chi connectivity index (χ1v) is 6.43. The van der Waals surface area contributed by atoms with Gasteiger partial charge in [-0.05, 0) is 45.7 Å². The third-order valence-corrected chi connectivity index (χ3v) is 3.77. The fraction of sp³-hybridized carbons (Fsp3) is 0.533. The largest absolute Gasteiger partial charge is 0.496 e. The van der Waals surface area contributed by atoms with Crippen LogP contribution >= 0.6 is 0 Å². The van der Waals surface area contributed by atoms with E-state index >= 15 is 0 Å². The number of ketones is 1. The molecule has 0 atom stereocenters.